The molecule has 0 aliphatic heterocycles. The third-order valence-corrected chi connectivity index (χ3v) is 4.64. The van der Waals surface area contributed by atoms with Crippen LogP contribution >= 0.6 is 27.3 Å². The van der Waals surface area contributed by atoms with Crippen LogP contribution in [0.2, 0.25) is 0 Å². The van der Waals surface area contributed by atoms with Gasteiger partial charge in [-0.1, -0.05) is 11.6 Å². The second kappa shape index (κ2) is 6.21. The van der Waals surface area contributed by atoms with E-state index in [1.54, 1.807) is 11.3 Å². The summed E-state index contributed by atoms with van der Waals surface area (Å²) in [4.78, 5) is 12.9. The number of methoxy groups -OCH3 is 1. The van der Waals surface area contributed by atoms with Crippen LogP contribution in [0.4, 0.5) is 5.69 Å². The quantitative estimate of drug-likeness (QED) is 0.847. The third kappa shape index (κ3) is 3.36. The Morgan fingerprint density at radius 2 is 2.21 bits per heavy atom. The number of thiophene rings is 1. The highest BCUT2D eigenvalue weighted by atomic mass is 79.9. The molecule has 0 aliphatic carbocycles. The number of carbonyl (C=O) groups is 1. The van der Waals surface area contributed by atoms with Gasteiger partial charge in [0.15, 0.2) is 0 Å². The van der Waals surface area contributed by atoms with Crippen molar-refractivity contribution in [3.63, 3.8) is 0 Å². The second-order valence-corrected chi connectivity index (χ2v) is 5.94. The Bertz CT molecular complexity index is 595. The Hall–Kier alpha value is -1.33. The van der Waals surface area contributed by atoms with Gasteiger partial charge in [0.05, 0.1) is 19.2 Å². The van der Waals surface area contributed by atoms with Crippen molar-refractivity contribution < 1.29 is 9.53 Å². The van der Waals surface area contributed by atoms with Crippen LogP contribution in [0.15, 0.2) is 34.1 Å². The van der Waals surface area contributed by atoms with E-state index in [1.807, 2.05) is 36.6 Å². The summed E-state index contributed by atoms with van der Waals surface area (Å²) in [6, 6.07) is 7.72. The summed E-state index contributed by atoms with van der Waals surface area (Å²) in [7, 11) is 1.39. The number of hydrogen-bond acceptors (Lipinski definition) is 4. The first kappa shape index (κ1) is 14.1. The average Bonchev–Trinajstić information content (AvgIpc) is 2.82. The van der Waals surface area contributed by atoms with Crippen LogP contribution in [0.1, 0.15) is 20.8 Å². The first-order valence-electron chi connectivity index (χ1n) is 5.76. The second-order valence-electron chi connectivity index (χ2n) is 4.09. The molecule has 1 aromatic heterocycles. The first-order valence-corrected chi connectivity index (χ1v) is 7.44. The maximum absolute atomic E-state index is 11.7. The van der Waals surface area contributed by atoms with E-state index in [9.17, 15) is 4.79 Å². The monoisotopic (exact) mass is 339 g/mol. The molecule has 19 heavy (non-hydrogen) atoms. The topological polar surface area (TPSA) is 38.3 Å². The molecule has 0 unspecified atom stereocenters. The van der Waals surface area contributed by atoms with Crippen molar-refractivity contribution in [1.29, 1.82) is 0 Å². The SMILES string of the molecule is COC(=O)c1cc(C)ccc1NCc1sccc1Br. The highest BCUT2D eigenvalue weighted by Gasteiger charge is 2.12. The van der Waals surface area contributed by atoms with E-state index in [-0.39, 0.29) is 5.97 Å². The Morgan fingerprint density at radius 3 is 2.84 bits per heavy atom. The summed E-state index contributed by atoms with van der Waals surface area (Å²) < 4.78 is 5.89. The maximum Gasteiger partial charge on any atom is 0.339 e. The lowest BCUT2D eigenvalue weighted by Crippen LogP contribution is -2.08. The molecule has 0 amide bonds. The number of aryl methyl sites for hydroxylation is 1. The summed E-state index contributed by atoms with van der Waals surface area (Å²) in [5.74, 6) is -0.323. The van der Waals surface area contributed by atoms with E-state index < -0.39 is 0 Å². The van der Waals surface area contributed by atoms with Gasteiger partial charge in [-0.2, -0.15) is 0 Å². The van der Waals surface area contributed by atoms with Crippen LogP contribution in [0, 0.1) is 6.92 Å². The van der Waals surface area contributed by atoms with Gasteiger partial charge in [0.1, 0.15) is 0 Å². The lowest BCUT2D eigenvalue weighted by atomic mass is 10.1. The number of ether oxygens (including phenoxy) is 1. The molecule has 1 aromatic carbocycles. The summed E-state index contributed by atoms with van der Waals surface area (Å²) in [6.45, 7) is 2.62. The minimum atomic E-state index is -0.323. The largest absolute Gasteiger partial charge is 0.465 e. The standard InChI is InChI=1S/C14H14BrNO2S/c1-9-3-4-12(10(7-9)14(17)18-2)16-8-13-11(15)5-6-19-13/h3-7,16H,8H2,1-2H3. The molecule has 2 aromatic rings. The van der Waals surface area contributed by atoms with Gasteiger partial charge in [0.2, 0.25) is 0 Å². The minimum absolute atomic E-state index is 0.323. The lowest BCUT2D eigenvalue weighted by Gasteiger charge is -2.11. The average molecular weight is 340 g/mol. The molecule has 0 bridgehead atoms. The number of halogens is 1. The Balaban J connectivity index is 2.20. The van der Waals surface area contributed by atoms with Gasteiger partial charge >= 0.3 is 5.97 Å². The van der Waals surface area contributed by atoms with Crippen molar-refractivity contribution in [3.05, 3.63) is 50.1 Å². The summed E-state index contributed by atoms with van der Waals surface area (Å²) in [5.41, 5.74) is 2.39. The molecule has 2 rings (SSSR count). The molecular formula is C14H14BrNO2S. The number of anilines is 1. The van der Waals surface area contributed by atoms with Crippen LogP contribution in [-0.2, 0) is 11.3 Å². The molecule has 0 atom stereocenters. The van der Waals surface area contributed by atoms with Gasteiger partial charge < -0.3 is 10.1 Å². The Kier molecular flexibility index (Phi) is 4.61. The van der Waals surface area contributed by atoms with Crippen molar-refractivity contribution in [2.24, 2.45) is 0 Å². The fraction of sp³-hybridized carbons (Fsp3) is 0.214. The number of hydrogen-bond donors (Lipinski definition) is 1. The molecule has 0 spiro atoms. The van der Waals surface area contributed by atoms with Gasteiger partial charge in [-0.05, 0) is 46.4 Å². The normalized spacial score (nSPS) is 10.3. The van der Waals surface area contributed by atoms with E-state index in [0.29, 0.717) is 12.1 Å². The van der Waals surface area contributed by atoms with Crippen LogP contribution in [0.3, 0.4) is 0 Å². The third-order valence-electron chi connectivity index (χ3n) is 2.71. The Labute approximate surface area is 124 Å². The molecule has 0 fully saturated rings. The van der Waals surface area contributed by atoms with Crippen LogP contribution in [-0.4, -0.2) is 13.1 Å². The lowest BCUT2D eigenvalue weighted by molar-refractivity contribution is 0.0601. The van der Waals surface area contributed by atoms with Crippen LogP contribution in [0.25, 0.3) is 0 Å². The van der Waals surface area contributed by atoms with Gasteiger partial charge in [-0.3, -0.25) is 0 Å². The number of rotatable bonds is 4. The fourth-order valence-corrected chi connectivity index (χ4v) is 3.15. The minimum Gasteiger partial charge on any atom is -0.465 e. The number of benzene rings is 1. The van der Waals surface area contributed by atoms with Crippen molar-refractivity contribution in [3.8, 4) is 0 Å². The summed E-state index contributed by atoms with van der Waals surface area (Å²) >= 11 is 5.16. The molecule has 100 valence electrons. The van der Waals surface area contributed by atoms with Crippen LogP contribution in [0.5, 0.6) is 0 Å². The molecule has 1 heterocycles. The van der Waals surface area contributed by atoms with Crippen molar-refractivity contribution in [1.82, 2.24) is 0 Å². The molecule has 0 saturated heterocycles. The van der Waals surface area contributed by atoms with Gasteiger partial charge in [0, 0.05) is 15.0 Å². The first-order chi connectivity index (χ1) is 9.11. The van der Waals surface area contributed by atoms with Crippen molar-refractivity contribution in [2.45, 2.75) is 13.5 Å². The highest BCUT2D eigenvalue weighted by molar-refractivity contribution is 9.10. The maximum atomic E-state index is 11.7. The van der Waals surface area contributed by atoms with Gasteiger partial charge in [0.25, 0.3) is 0 Å². The smallest absolute Gasteiger partial charge is 0.339 e. The molecule has 0 radical (unpaired) electrons. The van der Waals surface area contributed by atoms with E-state index in [1.165, 1.54) is 12.0 Å². The van der Waals surface area contributed by atoms with E-state index in [4.69, 9.17) is 4.74 Å². The molecule has 5 heteroatoms. The number of nitrogens with one attached hydrogen (secondary N) is 1. The fourth-order valence-electron chi connectivity index (χ4n) is 1.72. The summed E-state index contributed by atoms with van der Waals surface area (Å²) in [5, 5.41) is 5.30. The summed E-state index contributed by atoms with van der Waals surface area (Å²) in [6.07, 6.45) is 0. The predicted octanol–water partition coefficient (Wildman–Crippen LogP) is 4.22. The van der Waals surface area contributed by atoms with E-state index in [0.717, 1.165) is 15.7 Å². The molecule has 1 N–H and O–H groups in total. The number of carbonyl (C=O) groups excluding carboxylic acids is 1. The van der Waals surface area contributed by atoms with Gasteiger partial charge in [-0.15, -0.1) is 11.3 Å². The highest BCUT2D eigenvalue weighted by Crippen LogP contribution is 2.25. The predicted molar refractivity (Wildman–Crippen MR) is 81.9 cm³/mol. The van der Waals surface area contributed by atoms with E-state index >= 15 is 0 Å². The van der Waals surface area contributed by atoms with Crippen molar-refractivity contribution >= 4 is 38.9 Å². The Morgan fingerprint density at radius 1 is 1.42 bits per heavy atom. The number of esters is 1. The molecular weight excluding hydrogens is 326 g/mol. The van der Waals surface area contributed by atoms with Crippen molar-refractivity contribution in [2.75, 3.05) is 12.4 Å². The molecule has 3 nitrogen and oxygen atoms in total. The zero-order valence-corrected chi connectivity index (χ0v) is 13.1. The zero-order chi connectivity index (χ0) is 13.8. The molecule has 0 aliphatic rings. The van der Waals surface area contributed by atoms with E-state index in [2.05, 4.69) is 21.2 Å². The molecule has 0 saturated carbocycles. The zero-order valence-electron chi connectivity index (χ0n) is 10.7. The van der Waals surface area contributed by atoms with Gasteiger partial charge in [-0.25, -0.2) is 4.79 Å². The van der Waals surface area contributed by atoms with Crippen LogP contribution < -0.4 is 5.32 Å².